The van der Waals surface area contributed by atoms with Crippen molar-refractivity contribution < 1.29 is 0 Å². The molecule has 15 heavy (non-hydrogen) atoms. The summed E-state index contributed by atoms with van der Waals surface area (Å²) in [6.07, 6.45) is 5.88. The predicted molar refractivity (Wildman–Crippen MR) is 68.2 cm³/mol. The number of nitrogens with one attached hydrogen (secondary N) is 1. The van der Waals surface area contributed by atoms with E-state index in [0.717, 1.165) is 12.3 Å². The lowest BCUT2D eigenvalue weighted by Gasteiger charge is -2.20. The molecule has 1 aromatic rings. The van der Waals surface area contributed by atoms with Gasteiger partial charge in [-0.1, -0.05) is 31.2 Å². The summed E-state index contributed by atoms with van der Waals surface area (Å²) in [7, 11) is 0. The van der Waals surface area contributed by atoms with Gasteiger partial charge < -0.3 is 0 Å². The number of rotatable bonds is 5. The number of benzene rings is 1. The molecule has 1 nitrogen and oxygen atoms in total. The molecule has 1 aromatic carbocycles. The highest BCUT2D eigenvalue weighted by Gasteiger charge is 2.44. The van der Waals surface area contributed by atoms with Gasteiger partial charge in [0.1, 0.15) is 0 Å². The molecule has 2 heteroatoms. The first-order chi connectivity index (χ1) is 7.32. The standard InChI is InChI=1S/C13H19NS/c1-3-11-6-4-5-7-12(11)13(8-9-13)14-10-15-2/h4-7,14H,3,8-10H2,1-2H3. The summed E-state index contributed by atoms with van der Waals surface area (Å²) in [5.74, 6) is 1.05. The molecule has 0 atom stereocenters. The van der Waals surface area contributed by atoms with Crippen LogP contribution in [-0.4, -0.2) is 12.1 Å². The highest BCUT2D eigenvalue weighted by Crippen LogP contribution is 2.46. The van der Waals surface area contributed by atoms with Crippen LogP contribution in [0, 0.1) is 0 Å². The van der Waals surface area contributed by atoms with Crippen molar-refractivity contribution in [1.82, 2.24) is 5.32 Å². The number of thioether (sulfide) groups is 1. The largest absolute Gasteiger partial charge is 0.298 e. The Morgan fingerprint density at radius 1 is 1.33 bits per heavy atom. The van der Waals surface area contributed by atoms with E-state index in [-0.39, 0.29) is 0 Å². The van der Waals surface area contributed by atoms with Crippen LogP contribution in [0.3, 0.4) is 0 Å². The molecule has 0 aliphatic heterocycles. The Bertz CT molecular complexity index is 331. The fourth-order valence-corrected chi connectivity index (χ4v) is 2.59. The van der Waals surface area contributed by atoms with Gasteiger partial charge in [0.25, 0.3) is 0 Å². The second-order valence-corrected chi connectivity index (χ2v) is 5.07. The van der Waals surface area contributed by atoms with Crippen molar-refractivity contribution in [3.8, 4) is 0 Å². The Hall–Kier alpha value is -0.470. The lowest BCUT2D eigenvalue weighted by molar-refractivity contribution is 0.569. The maximum absolute atomic E-state index is 3.67. The van der Waals surface area contributed by atoms with Crippen molar-refractivity contribution in [3.05, 3.63) is 35.4 Å². The molecule has 0 aromatic heterocycles. The van der Waals surface area contributed by atoms with Gasteiger partial charge in [-0.25, -0.2) is 0 Å². The molecule has 82 valence electrons. The first-order valence-corrected chi connectivity index (χ1v) is 7.04. The van der Waals surface area contributed by atoms with Crippen molar-refractivity contribution in [2.45, 2.75) is 31.7 Å². The lowest BCUT2D eigenvalue weighted by Crippen LogP contribution is -2.29. The minimum Gasteiger partial charge on any atom is -0.298 e. The predicted octanol–water partition coefficient (Wildman–Crippen LogP) is 3.15. The molecule has 0 saturated heterocycles. The van der Waals surface area contributed by atoms with Crippen LogP contribution in [-0.2, 0) is 12.0 Å². The van der Waals surface area contributed by atoms with E-state index in [1.54, 1.807) is 0 Å². The Labute approximate surface area is 96.7 Å². The minimum atomic E-state index is 0.315. The fourth-order valence-electron chi connectivity index (χ4n) is 2.17. The average Bonchev–Trinajstić information content (AvgIpc) is 3.07. The lowest BCUT2D eigenvalue weighted by atomic mass is 9.97. The van der Waals surface area contributed by atoms with Crippen LogP contribution in [0.1, 0.15) is 30.9 Å². The van der Waals surface area contributed by atoms with Crippen molar-refractivity contribution in [2.24, 2.45) is 0 Å². The molecular weight excluding hydrogens is 202 g/mol. The van der Waals surface area contributed by atoms with E-state index in [1.807, 2.05) is 11.8 Å². The van der Waals surface area contributed by atoms with Gasteiger partial charge in [0.05, 0.1) is 0 Å². The number of aryl methyl sites for hydroxylation is 1. The van der Waals surface area contributed by atoms with Crippen molar-refractivity contribution in [1.29, 1.82) is 0 Å². The van der Waals surface area contributed by atoms with Gasteiger partial charge in [-0.2, -0.15) is 0 Å². The van der Waals surface area contributed by atoms with Gasteiger partial charge >= 0.3 is 0 Å². The van der Waals surface area contributed by atoms with E-state index in [2.05, 4.69) is 42.8 Å². The summed E-state index contributed by atoms with van der Waals surface area (Å²) in [6.45, 7) is 2.24. The van der Waals surface area contributed by atoms with Crippen LogP contribution in [0.5, 0.6) is 0 Å². The summed E-state index contributed by atoms with van der Waals surface area (Å²) < 4.78 is 0. The van der Waals surface area contributed by atoms with E-state index >= 15 is 0 Å². The fraction of sp³-hybridized carbons (Fsp3) is 0.538. The summed E-state index contributed by atoms with van der Waals surface area (Å²) in [6, 6.07) is 8.86. The third-order valence-corrected chi connectivity index (χ3v) is 3.65. The van der Waals surface area contributed by atoms with Gasteiger partial charge in [-0.05, 0) is 36.6 Å². The summed E-state index contributed by atoms with van der Waals surface area (Å²) in [5, 5.41) is 3.67. The van der Waals surface area contributed by atoms with Crippen molar-refractivity contribution in [2.75, 3.05) is 12.1 Å². The molecule has 0 unspecified atom stereocenters. The van der Waals surface area contributed by atoms with Crippen LogP contribution in [0.15, 0.2) is 24.3 Å². The van der Waals surface area contributed by atoms with Crippen LogP contribution in [0.25, 0.3) is 0 Å². The average molecular weight is 221 g/mol. The molecular formula is C13H19NS. The molecule has 1 aliphatic rings. The normalized spacial score (nSPS) is 17.7. The Kier molecular flexibility index (Phi) is 3.37. The molecule has 1 fully saturated rings. The quantitative estimate of drug-likeness (QED) is 0.767. The first-order valence-electron chi connectivity index (χ1n) is 5.65. The summed E-state index contributed by atoms with van der Waals surface area (Å²) in [4.78, 5) is 0. The van der Waals surface area contributed by atoms with Gasteiger partial charge in [0, 0.05) is 11.4 Å². The number of hydrogen-bond acceptors (Lipinski definition) is 2. The molecule has 0 heterocycles. The Morgan fingerprint density at radius 3 is 2.67 bits per heavy atom. The monoisotopic (exact) mass is 221 g/mol. The summed E-state index contributed by atoms with van der Waals surface area (Å²) >= 11 is 1.87. The van der Waals surface area contributed by atoms with E-state index in [9.17, 15) is 0 Å². The molecule has 1 aliphatic carbocycles. The van der Waals surface area contributed by atoms with Gasteiger partial charge in [-0.3, -0.25) is 5.32 Å². The van der Waals surface area contributed by atoms with Crippen LogP contribution in [0.2, 0.25) is 0 Å². The van der Waals surface area contributed by atoms with Crippen LogP contribution in [0.4, 0.5) is 0 Å². The molecule has 1 N–H and O–H groups in total. The smallest absolute Gasteiger partial charge is 0.0445 e. The molecule has 2 rings (SSSR count). The second-order valence-electron chi connectivity index (χ2n) is 4.20. The van der Waals surface area contributed by atoms with Crippen LogP contribution < -0.4 is 5.32 Å². The van der Waals surface area contributed by atoms with E-state index in [1.165, 1.54) is 24.0 Å². The Morgan fingerprint density at radius 2 is 2.07 bits per heavy atom. The molecule has 0 spiro atoms. The zero-order valence-electron chi connectivity index (χ0n) is 9.55. The minimum absolute atomic E-state index is 0.315. The van der Waals surface area contributed by atoms with Gasteiger partial charge in [-0.15, -0.1) is 11.8 Å². The third-order valence-electron chi connectivity index (χ3n) is 3.22. The highest BCUT2D eigenvalue weighted by molar-refractivity contribution is 7.98. The highest BCUT2D eigenvalue weighted by atomic mass is 32.2. The maximum Gasteiger partial charge on any atom is 0.0445 e. The zero-order valence-corrected chi connectivity index (χ0v) is 10.4. The van der Waals surface area contributed by atoms with Gasteiger partial charge in [0.15, 0.2) is 0 Å². The molecule has 1 saturated carbocycles. The number of hydrogen-bond donors (Lipinski definition) is 1. The molecule has 0 radical (unpaired) electrons. The topological polar surface area (TPSA) is 12.0 Å². The second kappa shape index (κ2) is 4.58. The van der Waals surface area contributed by atoms with Crippen LogP contribution >= 0.6 is 11.8 Å². The van der Waals surface area contributed by atoms with E-state index < -0.39 is 0 Å². The third kappa shape index (κ3) is 2.21. The van der Waals surface area contributed by atoms with Crippen molar-refractivity contribution in [3.63, 3.8) is 0 Å². The SMILES string of the molecule is CCc1ccccc1C1(NCSC)CC1. The Balaban J connectivity index is 2.21. The van der Waals surface area contributed by atoms with Gasteiger partial charge in [0.2, 0.25) is 0 Å². The van der Waals surface area contributed by atoms with E-state index in [0.29, 0.717) is 5.54 Å². The van der Waals surface area contributed by atoms with E-state index in [4.69, 9.17) is 0 Å². The maximum atomic E-state index is 3.67. The first kappa shape index (κ1) is 11.0. The zero-order chi connectivity index (χ0) is 10.7. The summed E-state index contributed by atoms with van der Waals surface area (Å²) in [5.41, 5.74) is 3.35. The molecule has 0 amide bonds. The van der Waals surface area contributed by atoms with Crippen molar-refractivity contribution >= 4 is 11.8 Å². The molecule has 0 bridgehead atoms.